The summed E-state index contributed by atoms with van der Waals surface area (Å²) in [5, 5.41) is 6.18. The molecule has 1 aromatic carbocycles. The van der Waals surface area contributed by atoms with Gasteiger partial charge in [0.2, 0.25) is 3.79 Å². The first kappa shape index (κ1) is 23.4. The van der Waals surface area contributed by atoms with E-state index in [9.17, 15) is 9.59 Å². The zero-order chi connectivity index (χ0) is 23.0. The first-order valence-corrected chi connectivity index (χ1v) is 11.9. The third kappa shape index (κ3) is 4.91. The summed E-state index contributed by atoms with van der Waals surface area (Å²) in [6, 6.07) is 12.6. The number of hydrogen-bond acceptors (Lipinski definition) is 3. The smallest absolute Gasteiger partial charge is 0.253 e. The predicted octanol–water partition coefficient (Wildman–Crippen LogP) is 3.58. The highest BCUT2D eigenvalue weighted by Gasteiger charge is 2.39. The standard InChI is InChI=1S/C22H23Cl3N4O2S/c1-13-5-2-3-6-16(13)19(31)26-20(22(23,24)25)27-21(32)28-10-14-9-15(12-28)17-7-4-8-18(30)29(17)11-14/h2-8,14-15,20H,9-12H2,1H3,(H,26,31)(H,27,32). The van der Waals surface area contributed by atoms with E-state index < -0.39 is 9.96 Å². The highest BCUT2D eigenvalue weighted by Crippen LogP contribution is 2.35. The summed E-state index contributed by atoms with van der Waals surface area (Å²) in [4.78, 5) is 27.1. The van der Waals surface area contributed by atoms with Crippen molar-refractivity contribution in [2.24, 2.45) is 5.92 Å². The Morgan fingerprint density at radius 1 is 1.09 bits per heavy atom. The van der Waals surface area contributed by atoms with Gasteiger partial charge in [-0.05, 0) is 49.2 Å². The van der Waals surface area contributed by atoms with Crippen LogP contribution in [0.2, 0.25) is 0 Å². The van der Waals surface area contributed by atoms with Crippen molar-refractivity contribution in [3.8, 4) is 0 Å². The summed E-state index contributed by atoms with van der Waals surface area (Å²) < 4.78 is 0.0349. The number of rotatable bonds is 3. The third-order valence-electron chi connectivity index (χ3n) is 6.03. The van der Waals surface area contributed by atoms with Crippen LogP contribution in [-0.2, 0) is 6.54 Å². The summed E-state index contributed by atoms with van der Waals surface area (Å²) in [7, 11) is 0. The zero-order valence-electron chi connectivity index (χ0n) is 17.4. The molecule has 0 spiro atoms. The number of nitrogens with one attached hydrogen (secondary N) is 2. The molecule has 170 valence electrons. The summed E-state index contributed by atoms with van der Waals surface area (Å²) in [6.07, 6.45) is -0.0238. The molecule has 3 atom stereocenters. The fourth-order valence-electron chi connectivity index (χ4n) is 4.51. The average Bonchev–Trinajstić information content (AvgIpc) is 2.73. The van der Waals surface area contributed by atoms with Crippen molar-refractivity contribution < 1.29 is 4.79 Å². The number of halogens is 3. The van der Waals surface area contributed by atoms with Gasteiger partial charge in [0.15, 0.2) is 5.11 Å². The molecule has 2 aliphatic rings. The van der Waals surface area contributed by atoms with Crippen LogP contribution in [0.5, 0.6) is 0 Å². The number of amides is 1. The second kappa shape index (κ2) is 9.21. The van der Waals surface area contributed by atoms with E-state index in [1.165, 1.54) is 0 Å². The van der Waals surface area contributed by atoms with E-state index in [0.717, 1.165) is 17.7 Å². The molecule has 10 heteroatoms. The van der Waals surface area contributed by atoms with Crippen LogP contribution in [0.4, 0.5) is 0 Å². The molecule has 0 radical (unpaired) electrons. The maximum Gasteiger partial charge on any atom is 0.253 e. The van der Waals surface area contributed by atoms with Crippen LogP contribution in [0.15, 0.2) is 47.3 Å². The lowest BCUT2D eigenvalue weighted by Crippen LogP contribution is -2.60. The van der Waals surface area contributed by atoms with Gasteiger partial charge in [0.25, 0.3) is 11.5 Å². The molecule has 0 aliphatic carbocycles. The van der Waals surface area contributed by atoms with Gasteiger partial charge in [0.1, 0.15) is 6.17 Å². The van der Waals surface area contributed by atoms with Gasteiger partial charge in [-0.3, -0.25) is 9.59 Å². The lowest BCUT2D eigenvalue weighted by Gasteiger charge is -2.44. The van der Waals surface area contributed by atoms with Gasteiger partial charge in [-0.1, -0.05) is 59.1 Å². The van der Waals surface area contributed by atoms with Crippen LogP contribution < -0.4 is 16.2 Å². The number of pyridine rings is 1. The Morgan fingerprint density at radius 3 is 2.56 bits per heavy atom. The van der Waals surface area contributed by atoms with Crippen molar-refractivity contribution in [1.29, 1.82) is 0 Å². The molecule has 1 aromatic heterocycles. The molecule has 1 fully saturated rings. The van der Waals surface area contributed by atoms with Crippen LogP contribution in [-0.4, -0.2) is 43.5 Å². The highest BCUT2D eigenvalue weighted by atomic mass is 35.6. The number of piperidine rings is 1. The molecule has 1 saturated heterocycles. The number of aromatic nitrogens is 1. The first-order valence-electron chi connectivity index (χ1n) is 10.3. The Bertz CT molecular complexity index is 1100. The molecular weight excluding hydrogens is 491 g/mol. The van der Waals surface area contributed by atoms with Gasteiger partial charge in [-0.15, -0.1) is 0 Å². The Balaban J connectivity index is 1.48. The number of alkyl halides is 3. The van der Waals surface area contributed by atoms with Crippen LogP contribution in [0.25, 0.3) is 0 Å². The number of hydrogen-bond donors (Lipinski definition) is 2. The normalized spacial score (nSPS) is 20.8. The van der Waals surface area contributed by atoms with Crippen LogP contribution in [0.3, 0.4) is 0 Å². The molecule has 2 N–H and O–H groups in total. The van der Waals surface area contributed by atoms with Crippen molar-refractivity contribution in [3.05, 3.63) is 69.6 Å². The van der Waals surface area contributed by atoms with E-state index in [1.54, 1.807) is 24.3 Å². The van der Waals surface area contributed by atoms with Crippen LogP contribution in [0.1, 0.15) is 34.0 Å². The molecule has 4 rings (SSSR count). The third-order valence-corrected chi connectivity index (χ3v) is 7.06. The Labute approximate surface area is 206 Å². The van der Waals surface area contributed by atoms with Gasteiger partial charge in [-0.2, -0.15) is 0 Å². The fourth-order valence-corrected chi connectivity index (χ4v) is 5.11. The monoisotopic (exact) mass is 512 g/mol. The maximum atomic E-state index is 12.8. The van der Waals surface area contributed by atoms with Crippen molar-refractivity contribution in [2.75, 3.05) is 13.1 Å². The van der Waals surface area contributed by atoms with Gasteiger partial charge >= 0.3 is 0 Å². The van der Waals surface area contributed by atoms with Crippen molar-refractivity contribution in [2.45, 2.75) is 35.8 Å². The van der Waals surface area contributed by atoms with Crippen molar-refractivity contribution >= 4 is 58.0 Å². The van der Waals surface area contributed by atoms with Crippen LogP contribution in [0, 0.1) is 12.8 Å². The molecule has 2 aromatic rings. The van der Waals surface area contributed by atoms with E-state index in [4.69, 9.17) is 47.0 Å². The Kier molecular flexibility index (Phi) is 6.73. The van der Waals surface area contributed by atoms with Gasteiger partial charge < -0.3 is 20.1 Å². The Morgan fingerprint density at radius 2 is 1.84 bits per heavy atom. The molecule has 6 nitrogen and oxygen atoms in total. The SMILES string of the molecule is Cc1ccccc1C(=O)NC(NC(=S)N1CC2CC(C1)c1cccc(=O)n1C2)C(Cl)(Cl)Cl. The maximum absolute atomic E-state index is 12.8. The number of benzene rings is 1. The summed E-state index contributed by atoms with van der Waals surface area (Å²) >= 11 is 24.1. The zero-order valence-corrected chi connectivity index (χ0v) is 20.4. The molecular formula is C22H23Cl3N4O2S. The van der Waals surface area contributed by atoms with E-state index in [1.807, 2.05) is 34.6 Å². The number of carbonyl (C=O) groups excluding carboxylic acids is 1. The number of nitrogens with zero attached hydrogens (tertiary/aromatic N) is 2. The molecule has 3 heterocycles. The average molecular weight is 514 g/mol. The lowest BCUT2D eigenvalue weighted by molar-refractivity contribution is 0.0932. The largest absolute Gasteiger partial charge is 0.348 e. The fraction of sp³-hybridized carbons (Fsp3) is 0.409. The van der Waals surface area contributed by atoms with E-state index in [-0.39, 0.29) is 23.3 Å². The quantitative estimate of drug-likeness (QED) is 0.373. The van der Waals surface area contributed by atoms with Crippen LogP contribution >= 0.6 is 47.0 Å². The predicted molar refractivity (Wildman–Crippen MR) is 132 cm³/mol. The number of thiocarbonyl (C=S) groups is 1. The lowest BCUT2D eigenvalue weighted by atomic mass is 9.83. The molecule has 2 aliphatic heterocycles. The van der Waals surface area contributed by atoms with E-state index in [2.05, 4.69) is 10.6 Å². The second-order valence-electron chi connectivity index (χ2n) is 8.32. The number of fused-ring (bicyclic) bond motifs is 4. The molecule has 32 heavy (non-hydrogen) atoms. The summed E-state index contributed by atoms with van der Waals surface area (Å²) in [5.74, 6) is 0.108. The van der Waals surface area contributed by atoms with Crippen molar-refractivity contribution in [3.63, 3.8) is 0 Å². The molecule has 3 unspecified atom stereocenters. The minimum atomic E-state index is -1.83. The van der Waals surface area contributed by atoms with E-state index in [0.29, 0.717) is 30.3 Å². The number of carbonyl (C=O) groups is 1. The van der Waals surface area contributed by atoms with E-state index >= 15 is 0 Å². The number of aryl methyl sites for hydroxylation is 1. The van der Waals surface area contributed by atoms with Gasteiger partial charge in [-0.25, -0.2) is 0 Å². The first-order chi connectivity index (χ1) is 15.1. The summed E-state index contributed by atoms with van der Waals surface area (Å²) in [5.41, 5.74) is 2.36. The Hall–Kier alpha value is -1.80. The minimum Gasteiger partial charge on any atom is -0.348 e. The highest BCUT2D eigenvalue weighted by molar-refractivity contribution is 7.80. The van der Waals surface area contributed by atoms with Crippen molar-refractivity contribution in [1.82, 2.24) is 20.1 Å². The van der Waals surface area contributed by atoms with Gasteiger partial charge in [0, 0.05) is 42.9 Å². The number of likely N-dealkylation sites (tertiary alicyclic amines) is 1. The summed E-state index contributed by atoms with van der Waals surface area (Å²) in [6.45, 7) is 3.82. The molecule has 2 bridgehead atoms. The minimum absolute atomic E-state index is 0.0292. The molecule has 1 amide bonds. The molecule has 0 saturated carbocycles. The topological polar surface area (TPSA) is 66.4 Å². The van der Waals surface area contributed by atoms with Gasteiger partial charge in [0.05, 0.1) is 0 Å². The second-order valence-corrected chi connectivity index (χ2v) is 11.1.